The molecule has 5 heteroatoms. The lowest BCUT2D eigenvalue weighted by Crippen LogP contribution is -2.25. The average Bonchev–Trinajstić information content (AvgIpc) is 3.67. The highest BCUT2D eigenvalue weighted by Gasteiger charge is 2.17. The number of benzene rings is 6. The summed E-state index contributed by atoms with van der Waals surface area (Å²) in [7, 11) is 0. The molecule has 9 rings (SSSR count). The topological polar surface area (TPSA) is 58.1 Å². The first-order valence-electron chi connectivity index (χ1n) is 17.1. The van der Waals surface area contributed by atoms with E-state index >= 15 is 0 Å². The molecular formula is C45H35N5. The summed E-state index contributed by atoms with van der Waals surface area (Å²) in [6, 6.07) is 51.3. The number of aromatic nitrogens is 2. The Morgan fingerprint density at radius 1 is 0.640 bits per heavy atom. The van der Waals surface area contributed by atoms with Crippen molar-refractivity contribution in [3.8, 4) is 16.8 Å². The number of rotatable bonds is 5. The molecule has 50 heavy (non-hydrogen) atoms. The molecule has 0 saturated heterocycles. The third kappa shape index (κ3) is 5.11. The fraction of sp³-hybridized carbons (Fsp3) is 0.0667. The summed E-state index contributed by atoms with van der Waals surface area (Å²) in [5.74, 6) is 1.34. The van der Waals surface area contributed by atoms with Crippen molar-refractivity contribution in [1.82, 2.24) is 9.24 Å². The van der Waals surface area contributed by atoms with Gasteiger partial charge in [-0.1, -0.05) is 122 Å². The molecule has 0 spiro atoms. The van der Waals surface area contributed by atoms with E-state index in [1.165, 1.54) is 27.4 Å². The van der Waals surface area contributed by atoms with Crippen LogP contribution in [0.5, 0.6) is 0 Å². The molecule has 2 heterocycles. The number of amidine groups is 2. The van der Waals surface area contributed by atoms with Gasteiger partial charge in [0.15, 0.2) is 11.7 Å². The molecule has 0 amide bonds. The molecule has 0 fully saturated rings. The zero-order valence-corrected chi connectivity index (χ0v) is 27.7. The van der Waals surface area contributed by atoms with Gasteiger partial charge in [0, 0.05) is 38.4 Å². The summed E-state index contributed by atoms with van der Waals surface area (Å²) in [5, 5.41) is 13.7. The van der Waals surface area contributed by atoms with Crippen molar-refractivity contribution in [3.05, 3.63) is 175 Å². The Bertz CT molecular complexity index is 2670. The van der Waals surface area contributed by atoms with Crippen LogP contribution in [-0.4, -0.2) is 20.9 Å². The first kappa shape index (κ1) is 29.7. The number of allylic oxidation sites excluding steroid dienone is 2. The van der Waals surface area contributed by atoms with Gasteiger partial charge in [-0.3, -0.25) is 15.5 Å². The largest absolute Gasteiger partial charge is 0.309 e. The third-order valence-corrected chi connectivity index (χ3v) is 9.77. The number of hydrogen-bond acceptors (Lipinski definition) is 1. The maximum absolute atomic E-state index is 8.91. The minimum atomic E-state index is 0.242. The molecule has 2 aromatic heterocycles. The van der Waals surface area contributed by atoms with E-state index < -0.39 is 0 Å². The minimum Gasteiger partial charge on any atom is -0.309 e. The molecule has 5 nitrogen and oxygen atoms in total. The number of fused-ring (bicyclic) bond motifs is 6. The van der Waals surface area contributed by atoms with Crippen molar-refractivity contribution >= 4 is 55.3 Å². The molecule has 1 atom stereocenters. The number of nitrogens with zero attached hydrogens (tertiary/aromatic N) is 3. The van der Waals surface area contributed by atoms with Crippen LogP contribution in [0.3, 0.4) is 0 Å². The SMILES string of the molecule is CC1C=CC(C(=N)N=C(Nn2c3ccccc3c3cc(-c4ccc5c(c4)c4ccccc4n5-c4ccccc4)ccc32)c2ccccc2)=CC1. The Morgan fingerprint density at radius 3 is 1.90 bits per heavy atom. The summed E-state index contributed by atoms with van der Waals surface area (Å²) in [6.45, 7) is 2.18. The molecule has 0 bridgehead atoms. The molecule has 6 aromatic carbocycles. The number of aliphatic imine (C=N–C) groups is 1. The molecule has 0 radical (unpaired) electrons. The van der Waals surface area contributed by atoms with E-state index in [4.69, 9.17) is 10.4 Å². The van der Waals surface area contributed by atoms with Crippen LogP contribution in [0.2, 0.25) is 0 Å². The van der Waals surface area contributed by atoms with E-state index in [0.29, 0.717) is 11.8 Å². The van der Waals surface area contributed by atoms with Gasteiger partial charge in [0.05, 0.1) is 22.1 Å². The molecule has 0 saturated carbocycles. The third-order valence-electron chi connectivity index (χ3n) is 9.77. The van der Waals surface area contributed by atoms with Gasteiger partial charge in [-0.05, 0) is 72.0 Å². The fourth-order valence-electron chi connectivity index (χ4n) is 7.22. The van der Waals surface area contributed by atoms with Crippen LogP contribution in [-0.2, 0) is 0 Å². The summed E-state index contributed by atoms with van der Waals surface area (Å²) in [6.07, 6.45) is 7.19. The Balaban J connectivity index is 1.16. The second-order valence-corrected chi connectivity index (χ2v) is 13.0. The van der Waals surface area contributed by atoms with Gasteiger partial charge in [-0.25, -0.2) is 4.99 Å². The Labute approximate surface area is 290 Å². The number of para-hydroxylation sites is 3. The van der Waals surface area contributed by atoms with Gasteiger partial charge in [-0.2, -0.15) is 0 Å². The van der Waals surface area contributed by atoms with Crippen molar-refractivity contribution in [2.24, 2.45) is 10.9 Å². The summed E-state index contributed by atoms with van der Waals surface area (Å²) < 4.78 is 4.46. The molecule has 1 unspecified atom stereocenters. The molecule has 1 aliphatic rings. The first-order chi connectivity index (χ1) is 24.6. The lowest BCUT2D eigenvalue weighted by atomic mass is 9.98. The van der Waals surface area contributed by atoms with E-state index in [-0.39, 0.29) is 5.84 Å². The second kappa shape index (κ2) is 12.2. The second-order valence-electron chi connectivity index (χ2n) is 13.0. The lowest BCUT2D eigenvalue weighted by molar-refractivity contribution is 0.734. The van der Waals surface area contributed by atoms with Crippen molar-refractivity contribution in [1.29, 1.82) is 5.41 Å². The Morgan fingerprint density at radius 2 is 1.20 bits per heavy atom. The molecular weight excluding hydrogens is 611 g/mol. The van der Waals surface area contributed by atoms with Crippen molar-refractivity contribution in [2.75, 3.05) is 5.43 Å². The fourth-order valence-corrected chi connectivity index (χ4v) is 7.22. The Kier molecular flexibility index (Phi) is 7.24. The van der Waals surface area contributed by atoms with Gasteiger partial charge in [0.1, 0.15) is 0 Å². The van der Waals surface area contributed by atoms with Crippen LogP contribution in [0.15, 0.2) is 174 Å². The molecule has 0 aliphatic heterocycles. The monoisotopic (exact) mass is 645 g/mol. The van der Waals surface area contributed by atoms with E-state index in [1.807, 2.05) is 36.4 Å². The van der Waals surface area contributed by atoms with Crippen LogP contribution in [0.1, 0.15) is 18.9 Å². The van der Waals surface area contributed by atoms with Crippen LogP contribution in [0, 0.1) is 11.3 Å². The predicted molar refractivity (Wildman–Crippen MR) is 210 cm³/mol. The highest BCUT2D eigenvalue weighted by Crippen LogP contribution is 2.37. The first-order valence-corrected chi connectivity index (χ1v) is 17.1. The van der Waals surface area contributed by atoms with Gasteiger partial charge in [0.25, 0.3) is 0 Å². The van der Waals surface area contributed by atoms with E-state index in [9.17, 15) is 0 Å². The lowest BCUT2D eigenvalue weighted by Gasteiger charge is -2.16. The molecule has 1 aliphatic carbocycles. The van der Waals surface area contributed by atoms with Crippen LogP contribution in [0.4, 0.5) is 0 Å². The summed E-state index contributed by atoms with van der Waals surface area (Å²) >= 11 is 0. The summed E-state index contributed by atoms with van der Waals surface area (Å²) in [4.78, 5) is 4.87. The standard InChI is InChI=1S/C45H35N5/c1-30-20-22-31(23-21-30)44(46)47-45(32-12-4-2-5-13-32)48-50-42-19-11-9-17-37(42)39-29-34(25-27-43(39)50)33-24-26-41-38(28-33)36-16-8-10-18-40(36)49(41)35-14-6-3-7-15-35/h2-20,22-30H,21H2,1H3,(H2,46,47,48). The van der Waals surface area contributed by atoms with Crippen molar-refractivity contribution < 1.29 is 0 Å². The van der Waals surface area contributed by atoms with E-state index in [1.54, 1.807) is 0 Å². The zero-order valence-electron chi connectivity index (χ0n) is 27.7. The number of nitrogens with one attached hydrogen (secondary N) is 2. The average molecular weight is 646 g/mol. The van der Waals surface area contributed by atoms with Gasteiger partial charge >= 0.3 is 0 Å². The Hall–Kier alpha value is -6.46. The zero-order chi connectivity index (χ0) is 33.6. The maximum Gasteiger partial charge on any atom is 0.154 e. The number of hydrogen-bond donors (Lipinski definition) is 2. The highest BCUT2D eigenvalue weighted by atomic mass is 15.4. The van der Waals surface area contributed by atoms with Crippen molar-refractivity contribution in [2.45, 2.75) is 13.3 Å². The predicted octanol–water partition coefficient (Wildman–Crippen LogP) is 11.0. The van der Waals surface area contributed by atoms with E-state index in [0.717, 1.165) is 50.6 Å². The molecule has 240 valence electrons. The quantitative estimate of drug-likeness (QED) is 0.142. The van der Waals surface area contributed by atoms with Crippen LogP contribution in [0.25, 0.3) is 60.4 Å². The molecule has 2 N–H and O–H groups in total. The smallest absolute Gasteiger partial charge is 0.154 e. The normalized spacial score (nSPS) is 14.9. The highest BCUT2D eigenvalue weighted by molar-refractivity contribution is 6.17. The van der Waals surface area contributed by atoms with Gasteiger partial charge < -0.3 is 4.57 Å². The maximum atomic E-state index is 8.91. The molecule has 8 aromatic rings. The van der Waals surface area contributed by atoms with Crippen LogP contribution >= 0.6 is 0 Å². The van der Waals surface area contributed by atoms with Crippen LogP contribution < -0.4 is 5.43 Å². The van der Waals surface area contributed by atoms with Crippen molar-refractivity contribution in [3.63, 3.8) is 0 Å². The van der Waals surface area contributed by atoms with Gasteiger partial charge in [0.2, 0.25) is 0 Å². The van der Waals surface area contributed by atoms with E-state index in [2.05, 4.69) is 149 Å². The minimum absolute atomic E-state index is 0.242. The van der Waals surface area contributed by atoms with Gasteiger partial charge in [-0.15, -0.1) is 0 Å². The summed E-state index contributed by atoms with van der Waals surface area (Å²) in [5.41, 5.74) is 13.3.